The highest BCUT2D eigenvalue weighted by Gasteiger charge is 2.31. The number of urea groups is 1. The summed E-state index contributed by atoms with van der Waals surface area (Å²) in [5.41, 5.74) is 0.712. The third-order valence-corrected chi connectivity index (χ3v) is 5.30. The van der Waals surface area contributed by atoms with Crippen molar-refractivity contribution in [2.24, 2.45) is 0 Å². The van der Waals surface area contributed by atoms with Crippen LogP contribution in [0.3, 0.4) is 0 Å². The van der Waals surface area contributed by atoms with E-state index in [1.807, 2.05) is 30.3 Å². The molecule has 3 aromatic rings. The Labute approximate surface area is 183 Å². The zero-order valence-electron chi connectivity index (χ0n) is 18.0. The van der Waals surface area contributed by atoms with Gasteiger partial charge in [0.15, 0.2) is 11.3 Å². The van der Waals surface area contributed by atoms with Gasteiger partial charge in [0, 0.05) is 40.4 Å². The summed E-state index contributed by atoms with van der Waals surface area (Å²) in [5, 5.41) is 9.75. The molecule has 1 saturated heterocycles. The minimum Gasteiger partial charge on any atom is -0.481 e. The van der Waals surface area contributed by atoms with Gasteiger partial charge in [0.1, 0.15) is 6.61 Å². The van der Waals surface area contributed by atoms with Crippen LogP contribution in [0.1, 0.15) is 16.1 Å². The van der Waals surface area contributed by atoms with Crippen molar-refractivity contribution >= 4 is 29.0 Å². The Bertz CT molecular complexity index is 1260. The number of nitrogens with zero attached hydrogens (tertiary/aromatic N) is 5. The van der Waals surface area contributed by atoms with Gasteiger partial charge in [-0.1, -0.05) is 30.3 Å². The van der Waals surface area contributed by atoms with E-state index in [0.717, 1.165) is 5.56 Å². The quantitative estimate of drug-likeness (QED) is 0.628. The molecule has 10 heteroatoms. The van der Waals surface area contributed by atoms with E-state index in [1.165, 1.54) is 9.30 Å². The molecule has 1 aliphatic heterocycles. The number of carboxylic acid groups (broad SMARTS) is 1. The number of hydrogen-bond acceptors (Lipinski definition) is 6. The Morgan fingerprint density at radius 2 is 1.91 bits per heavy atom. The first-order chi connectivity index (χ1) is 15.3. The number of rotatable bonds is 6. The van der Waals surface area contributed by atoms with Crippen LogP contribution in [0.4, 0.5) is 16.2 Å². The molecule has 0 atom stereocenters. The lowest BCUT2D eigenvalue weighted by molar-refractivity contribution is 0.0684. The summed E-state index contributed by atoms with van der Waals surface area (Å²) in [6.07, 6.45) is 1.55. The van der Waals surface area contributed by atoms with Gasteiger partial charge in [-0.3, -0.25) is 14.1 Å². The smallest absolute Gasteiger partial charge is 0.358 e. The molecule has 1 N–H and O–H groups in total. The third kappa shape index (κ3) is 3.70. The monoisotopic (exact) mass is 437 g/mol. The predicted octanol–water partition coefficient (Wildman–Crippen LogP) is 1.91. The van der Waals surface area contributed by atoms with Gasteiger partial charge in [-0.2, -0.15) is 0 Å². The maximum Gasteiger partial charge on any atom is 0.358 e. The van der Waals surface area contributed by atoms with Crippen LogP contribution in [0, 0.1) is 0 Å². The molecule has 0 spiro atoms. The molecule has 0 radical (unpaired) electrons. The molecule has 0 saturated carbocycles. The van der Waals surface area contributed by atoms with E-state index in [1.54, 1.807) is 43.2 Å². The lowest BCUT2D eigenvalue weighted by Crippen LogP contribution is -2.31. The second-order valence-corrected chi connectivity index (χ2v) is 7.70. The number of aromatic carboxylic acids is 1. The van der Waals surface area contributed by atoms with Gasteiger partial charge in [0.25, 0.3) is 0 Å². The van der Waals surface area contributed by atoms with Crippen LogP contribution in [0.25, 0.3) is 5.65 Å². The highest BCUT2D eigenvalue weighted by atomic mass is 16.5. The number of ether oxygens (including phenoxy) is 1. The number of carboxylic acids is 1. The Morgan fingerprint density at radius 1 is 1.19 bits per heavy atom. The molecule has 0 aliphatic carbocycles. The fraction of sp³-hybridized carbons (Fsp3) is 0.273. The van der Waals surface area contributed by atoms with E-state index in [9.17, 15) is 19.5 Å². The van der Waals surface area contributed by atoms with E-state index in [2.05, 4.69) is 4.98 Å². The first-order valence-electron chi connectivity index (χ1n) is 9.98. The van der Waals surface area contributed by atoms with Crippen LogP contribution in [0.5, 0.6) is 5.75 Å². The molecule has 10 nitrogen and oxygen atoms in total. The largest absolute Gasteiger partial charge is 0.481 e. The molecule has 32 heavy (non-hydrogen) atoms. The fourth-order valence-corrected chi connectivity index (χ4v) is 3.51. The lowest BCUT2D eigenvalue weighted by Gasteiger charge is -2.22. The molecule has 166 valence electrons. The molecule has 0 bridgehead atoms. The SMILES string of the molecule is CN1CCN(c2cc(N(C)C)cn3c(=O)c(OCc4ccccc4)c(C(=O)O)nc23)C1=O. The van der Waals surface area contributed by atoms with Gasteiger partial charge in [-0.05, 0) is 11.6 Å². The summed E-state index contributed by atoms with van der Waals surface area (Å²) >= 11 is 0. The third-order valence-electron chi connectivity index (χ3n) is 5.30. The summed E-state index contributed by atoms with van der Waals surface area (Å²) in [6, 6.07) is 10.6. The summed E-state index contributed by atoms with van der Waals surface area (Å²) in [5.74, 6) is -1.74. The van der Waals surface area contributed by atoms with Gasteiger partial charge in [0.05, 0.1) is 11.4 Å². The van der Waals surface area contributed by atoms with E-state index in [0.29, 0.717) is 24.5 Å². The van der Waals surface area contributed by atoms with Gasteiger partial charge in [-0.15, -0.1) is 0 Å². The summed E-state index contributed by atoms with van der Waals surface area (Å²) in [4.78, 5) is 47.1. The number of anilines is 2. The Morgan fingerprint density at radius 3 is 2.50 bits per heavy atom. The van der Waals surface area contributed by atoms with Crippen LogP contribution in [0.2, 0.25) is 0 Å². The van der Waals surface area contributed by atoms with Crippen LogP contribution >= 0.6 is 0 Å². The van der Waals surface area contributed by atoms with E-state index >= 15 is 0 Å². The second-order valence-electron chi connectivity index (χ2n) is 7.70. The maximum absolute atomic E-state index is 13.4. The average Bonchev–Trinajstić information content (AvgIpc) is 3.11. The topological polar surface area (TPSA) is 108 Å². The first-order valence-corrected chi connectivity index (χ1v) is 9.98. The number of carbonyl (C=O) groups is 2. The molecule has 0 unspecified atom stereocenters. The number of fused-ring (bicyclic) bond motifs is 1. The molecular weight excluding hydrogens is 414 g/mol. The zero-order valence-corrected chi connectivity index (χ0v) is 18.0. The van der Waals surface area contributed by atoms with Crippen LogP contribution < -0.4 is 20.1 Å². The van der Waals surface area contributed by atoms with Gasteiger partial charge >= 0.3 is 17.6 Å². The Balaban J connectivity index is 1.92. The molecule has 1 fully saturated rings. The van der Waals surface area contributed by atoms with Crippen LogP contribution in [-0.2, 0) is 6.61 Å². The Kier molecular flexibility index (Phi) is 5.43. The number of hydrogen-bond donors (Lipinski definition) is 1. The predicted molar refractivity (Wildman–Crippen MR) is 119 cm³/mol. The highest BCUT2D eigenvalue weighted by Crippen LogP contribution is 2.29. The molecule has 2 aromatic heterocycles. The van der Waals surface area contributed by atoms with Crippen molar-refractivity contribution in [3.8, 4) is 5.75 Å². The van der Waals surface area contributed by atoms with Gasteiger partial charge < -0.3 is 19.6 Å². The van der Waals surface area contributed by atoms with Crippen molar-refractivity contribution in [1.82, 2.24) is 14.3 Å². The zero-order chi connectivity index (χ0) is 23.0. The van der Waals surface area contributed by atoms with Gasteiger partial charge in [0.2, 0.25) is 5.75 Å². The number of benzene rings is 1. The minimum absolute atomic E-state index is 0.0136. The number of likely N-dealkylation sites (N-methyl/N-ethyl adjacent to an activating group) is 1. The highest BCUT2D eigenvalue weighted by molar-refractivity contribution is 5.99. The number of amides is 2. The van der Waals surface area contributed by atoms with Crippen molar-refractivity contribution < 1.29 is 19.4 Å². The maximum atomic E-state index is 13.4. The van der Waals surface area contributed by atoms with Crippen molar-refractivity contribution in [1.29, 1.82) is 0 Å². The van der Waals surface area contributed by atoms with Gasteiger partial charge in [-0.25, -0.2) is 14.6 Å². The van der Waals surface area contributed by atoms with Crippen molar-refractivity contribution in [2.75, 3.05) is 44.0 Å². The molecular formula is C22H23N5O5. The summed E-state index contributed by atoms with van der Waals surface area (Å²) in [7, 11) is 5.29. The van der Waals surface area contributed by atoms with E-state index in [-0.39, 0.29) is 24.0 Å². The lowest BCUT2D eigenvalue weighted by atomic mass is 10.2. The molecule has 4 rings (SSSR count). The number of aromatic nitrogens is 2. The number of pyridine rings is 1. The summed E-state index contributed by atoms with van der Waals surface area (Å²) in [6.45, 7) is 0.914. The summed E-state index contributed by atoms with van der Waals surface area (Å²) < 4.78 is 6.89. The van der Waals surface area contributed by atoms with Crippen molar-refractivity contribution in [3.05, 3.63) is 64.2 Å². The number of carbonyl (C=O) groups excluding carboxylic acids is 1. The first kappa shape index (κ1) is 21.2. The molecule has 1 aliphatic rings. The molecule has 1 aromatic carbocycles. The normalized spacial score (nSPS) is 13.7. The minimum atomic E-state index is -1.39. The van der Waals surface area contributed by atoms with Crippen molar-refractivity contribution in [2.45, 2.75) is 6.61 Å². The van der Waals surface area contributed by atoms with E-state index in [4.69, 9.17) is 4.74 Å². The standard InChI is InChI=1S/C22H23N5O5/c1-24(2)15-11-16(26-10-9-25(3)22(26)31)19-23-17(21(29)30)18(20(28)27(19)12-15)32-13-14-7-5-4-6-8-14/h4-8,11-12H,9-10,13H2,1-3H3,(H,29,30). The van der Waals surface area contributed by atoms with Crippen LogP contribution in [-0.4, -0.2) is 65.6 Å². The average molecular weight is 437 g/mol. The molecule has 3 heterocycles. The molecule has 2 amide bonds. The van der Waals surface area contributed by atoms with Crippen LogP contribution in [0.15, 0.2) is 47.4 Å². The van der Waals surface area contributed by atoms with Crippen molar-refractivity contribution in [3.63, 3.8) is 0 Å². The second kappa shape index (κ2) is 8.22. The Hall–Kier alpha value is -4.08. The van der Waals surface area contributed by atoms with E-state index < -0.39 is 17.2 Å². The fourth-order valence-electron chi connectivity index (χ4n) is 3.51.